The molecule has 1 unspecified atom stereocenters. The monoisotopic (exact) mass is 336 g/mol. The van der Waals surface area contributed by atoms with Crippen molar-refractivity contribution in [2.24, 2.45) is 0 Å². The normalized spacial score (nSPS) is 16.2. The summed E-state index contributed by atoms with van der Waals surface area (Å²) in [7, 11) is 1.61. The molecule has 5 heteroatoms. The molecule has 1 fully saturated rings. The lowest BCUT2D eigenvalue weighted by Crippen LogP contribution is -2.13. The van der Waals surface area contributed by atoms with Gasteiger partial charge in [0.1, 0.15) is 0 Å². The molecule has 0 saturated carbocycles. The number of amides is 1. The quantitative estimate of drug-likeness (QED) is 0.880. The van der Waals surface area contributed by atoms with Crippen LogP contribution in [0.1, 0.15) is 29.0 Å². The summed E-state index contributed by atoms with van der Waals surface area (Å²) in [6.07, 6.45) is 1.25. The average Bonchev–Trinajstić information content (AvgIpc) is 3.08. The lowest BCUT2D eigenvalue weighted by Gasteiger charge is -2.14. The lowest BCUT2D eigenvalue weighted by molar-refractivity contribution is -0.119. The van der Waals surface area contributed by atoms with E-state index in [0.717, 1.165) is 17.5 Å². The van der Waals surface area contributed by atoms with Crippen molar-refractivity contribution >= 4 is 5.91 Å². The third kappa shape index (κ3) is 4.10. The number of carbonyl (C=O) groups excluding carboxylic acids is 1. The smallest absolute Gasteiger partial charge is 0.220 e. The molecule has 0 aromatic heterocycles. The first-order chi connectivity index (χ1) is 12.2. The minimum Gasteiger partial charge on any atom is -0.493 e. The van der Waals surface area contributed by atoms with Gasteiger partial charge in [0, 0.05) is 25.3 Å². The second kappa shape index (κ2) is 7.71. The van der Waals surface area contributed by atoms with Crippen LogP contribution >= 0.6 is 0 Å². The van der Waals surface area contributed by atoms with Crippen LogP contribution in [0.25, 0.3) is 0 Å². The summed E-state index contributed by atoms with van der Waals surface area (Å²) in [5, 5.41) is 11.7. The zero-order valence-corrected chi connectivity index (χ0v) is 14.1. The van der Waals surface area contributed by atoms with Crippen molar-refractivity contribution in [1.82, 2.24) is 5.32 Å². The van der Waals surface area contributed by atoms with Gasteiger partial charge in [-0.1, -0.05) is 18.2 Å². The molecule has 128 valence electrons. The van der Waals surface area contributed by atoms with E-state index in [1.165, 1.54) is 0 Å². The summed E-state index contributed by atoms with van der Waals surface area (Å²) >= 11 is 0. The predicted octanol–water partition coefficient (Wildman–Crippen LogP) is 2.79. The maximum Gasteiger partial charge on any atom is 0.220 e. The largest absolute Gasteiger partial charge is 0.493 e. The van der Waals surface area contributed by atoms with Gasteiger partial charge in [0.05, 0.1) is 25.3 Å². The number of nitrogens with one attached hydrogen (secondary N) is 1. The number of nitriles is 1. The van der Waals surface area contributed by atoms with Gasteiger partial charge in [0.15, 0.2) is 11.5 Å². The molecule has 0 aliphatic carbocycles. The number of hydrogen-bond donors (Lipinski definition) is 1. The van der Waals surface area contributed by atoms with Crippen LogP contribution in [0, 0.1) is 11.3 Å². The molecule has 3 rings (SSSR count). The summed E-state index contributed by atoms with van der Waals surface area (Å²) < 4.78 is 11.3. The number of nitrogens with zero attached hydrogens (tertiary/aromatic N) is 1. The fourth-order valence-corrected chi connectivity index (χ4v) is 2.93. The summed E-state index contributed by atoms with van der Waals surface area (Å²) in [5.41, 5.74) is 2.84. The first-order valence-corrected chi connectivity index (χ1v) is 8.26. The van der Waals surface area contributed by atoms with Gasteiger partial charge in [0.2, 0.25) is 5.91 Å². The van der Waals surface area contributed by atoms with Crippen LogP contribution < -0.4 is 14.8 Å². The molecule has 1 N–H and O–H groups in total. The molecule has 2 aromatic carbocycles. The highest BCUT2D eigenvalue weighted by Gasteiger charge is 2.24. The van der Waals surface area contributed by atoms with E-state index < -0.39 is 0 Å². The number of benzene rings is 2. The van der Waals surface area contributed by atoms with Gasteiger partial charge in [0.25, 0.3) is 0 Å². The molecule has 5 nitrogen and oxygen atoms in total. The Bertz CT molecular complexity index is 794. The van der Waals surface area contributed by atoms with Crippen LogP contribution in [0.2, 0.25) is 0 Å². The Morgan fingerprint density at radius 1 is 1.20 bits per heavy atom. The van der Waals surface area contributed by atoms with Crippen molar-refractivity contribution < 1.29 is 14.3 Å². The first kappa shape index (κ1) is 16.8. The van der Waals surface area contributed by atoms with Crippen molar-refractivity contribution in [1.29, 1.82) is 5.26 Å². The topological polar surface area (TPSA) is 71.3 Å². The Morgan fingerprint density at radius 3 is 2.64 bits per heavy atom. The van der Waals surface area contributed by atoms with Crippen molar-refractivity contribution in [3.8, 4) is 17.6 Å². The molecule has 1 aliphatic rings. The molecule has 1 amide bonds. The van der Waals surface area contributed by atoms with E-state index in [2.05, 4.69) is 11.4 Å². The first-order valence-electron chi connectivity index (χ1n) is 8.26. The molecule has 1 saturated heterocycles. The van der Waals surface area contributed by atoms with Gasteiger partial charge in [-0.15, -0.1) is 0 Å². The zero-order chi connectivity index (χ0) is 17.6. The fraction of sp³-hybridized carbons (Fsp3) is 0.300. The second-order valence-electron chi connectivity index (χ2n) is 6.02. The van der Waals surface area contributed by atoms with Crippen LogP contribution in [0.5, 0.6) is 11.5 Å². The van der Waals surface area contributed by atoms with E-state index in [1.807, 2.05) is 30.3 Å². The zero-order valence-electron chi connectivity index (χ0n) is 14.1. The molecular weight excluding hydrogens is 316 g/mol. The molecule has 1 heterocycles. The Kier molecular flexibility index (Phi) is 5.20. The average molecular weight is 336 g/mol. The molecule has 2 aromatic rings. The van der Waals surface area contributed by atoms with E-state index in [9.17, 15) is 4.79 Å². The van der Waals surface area contributed by atoms with Crippen molar-refractivity contribution in [2.45, 2.75) is 18.8 Å². The SMILES string of the molecule is COc1ccc(C2CNC(=O)C2)cc1OCCc1ccc(C#N)cc1. The van der Waals surface area contributed by atoms with Crippen molar-refractivity contribution in [3.63, 3.8) is 0 Å². The maximum absolute atomic E-state index is 11.4. The Balaban J connectivity index is 1.65. The molecular formula is C20H20N2O3. The molecule has 1 atom stereocenters. The number of ether oxygens (including phenoxy) is 2. The van der Waals surface area contributed by atoms with E-state index >= 15 is 0 Å². The highest BCUT2D eigenvalue weighted by atomic mass is 16.5. The van der Waals surface area contributed by atoms with Gasteiger partial charge in [-0.05, 0) is 35.4 Å². The maximum atomic E-state index is 11.4. The summed E-state index contributed by atoms with van der Waals surface area (Å²) in [6.45, 7) is 1.17. The van der Waals surface area contributed by atoms with Crippen LogP contribution in [-0.4, -0.2) is 26.2 Å². The predicted molar refractivity (Wildman–Crippen MR) is 93.7 cm³/mol. The standard InChI is InChI=1S/C20H20N2O3/c1-24-18-7-6-16(17-11-20(23)22-13-17)10-19(18)25-9-8-14-2-4-15(12-21)5-3-14/h2-7,10,17H,8-9,11,13H2,1H3,(H,22,23). The van der Waals surface area contributed by atoms with Crippen LogP contribution in [-0.2, 0) is 11.2 Å². The Labute approximate surface area is 147 Å². The Morgan fingerprint density at radius 2 is 2.00 bits per heavy atom. The third-order valence-corrected chi connectivity index (χ3v) is 4.37. The van der Waals surface area contributed by atoms with Gasteiger partial charge < -0.3 is 14.8 Å². The van der Waals surface area contributed by atoms with E-state index in [4.69, 9.17) is 14.7 Å². The highest BCUT2D eigenvalue weighted by molar-refractivity contribution is 5.79. The van der Waals surface area contributed by atoms with Gasteiger partial charge >= 0.3 is 0 Å². The lowest BCUT2D eigenvalue weighted by atomic mass is 9.98. The fourth-order valence-electron chi connectivity index (χ4n) is 2.93. The third-order valence-electron chi connectivity index (χ3n) is 4.37. The van der Waals surface area contributed by atoms with Gasteiger partial charge in [-0.2, -0.15) is 5.26 Å². The van der Waals surface area contributed by atoms with E-state index in [-0.39, 0.29) is 11.8 Å². The van der Waals surface area contributed by atoms with E-state index in [0.29, 0.717) is 36.6 Å². The number of hydrogen-bond acceptors (Lipinski definition) is 4. The molecule has 0 spiro atoms. The van der Waals surface area contributed by atoms with Gasteiger partial charge in [-0.3, -0.25) is 4.79 Å². The van der Waals surface area contributed by atoms with Crippen molar-refractivity contribution in [2.75, 3.05) is 20.3 Å². The molecule has 0 bridgehead atoms. The molecule has 25 heavy (non-hydrogen) atoms. The molecule has 1 aliphatic heterocycles. The second-order valence-corrected chi connectivity index (χ2v) is 6.02. The number of carbonyl (C=O) groups is 1. The summed E-state index contributed by atoms with van der Waals surface area (Å²) in [4.78, 5) is 11.4. The van der Waals surface area contributed by atoms with Gasteiger partial charge in [-0.25, -0.2) is 0 Å². The Hall–Kier alpha value is -3.00. The van der Waals surface area contributed by atoms with Crippen LogP contribution in [0.4, 0.5) is 0 Å². The van der Waals surface area contributed by atoms with Crippen LogP contribution in [0.15, 0.2) is 42.5 Å². The summed E-state index contributed by atoms with van der Waals surface area (Å²) in [6, 6.07) is 15.4. The minimum atomic E-state index is 0.0871. The van der Waals surface area contributed by atoms with Crippen LogP contribution in [0.3, 0.4) is 0 Å². The molecule has 0 radical (unpaired) electrons. The summed E-state index contributed by atoms with van der Waals surface area (Å²) in [5.74, 6) is 1.64. The number of methoxy groups -OCH3 is 1. The minimum absolute atomic E-state index is 0.0871. The van der Waals surface area contributed by atoms with Crippen molar-refractivity contribution in [3.05, 3.63) is 59.2 Å². The van der Waals surface area contributed by atoms with E-state index in [1.54, 1.807) is 19.2 Å². The highest BCUT2D eigenvalue weighted by Crippen LogP contribution is 2.33. The number of rotatable bonds is 6.